The van der Waals surface area contributed by atoms with Crippen molar-refractivity contribution in [2.75, 3.05) is 26.1 Å². The van der Waals surface area contributed by atoms with E-state index < -0.39 is 0 Å². The molecule has 5 heteroatoms. The Morgan fingerprint density at radius 2 is 1.95 bits per heavy atom. The van der Waals surface area contributed by atoms with Crippen LogP contribution in [-0.4, -0.2) is 36.2 Å². The molecule has 1 aromatic carbocycles. The Kier molecular flexibility index (Phi) is 6.24. The Bertz CT molecular complexity index is 557. The molecule has 0 amide bonds. The lowest BCUT2D eigenvalue weighted by Gasteiger charge is -2.07. The zero-order valence-corrected chi connectivity index (χ0v) is 12.6. The van der Waals surface area contributed by atoms with Gasteiger partial charge in [0.05, 0.1) is 12.3 Å². The van der Waals surface area contributed by atoms with Gasteiger partial charge < -0.3 is 9.47 Å². The molecular formula is C16H17NO3S. The van der Waals surface area contributed by atoms with Gasteiger partial charge in [0.1, 0.15) is 19.0 Å². The summed E-state index contributed by atoms with van der Waals surface area (Å²) in [5.74, 6) is 0.773. The van der Waals surface area contributed by atoms with Crippen LogP contribution in [-0.2, 0) is 9.53 Å². The van der Waals surface area contributed by atoms with Crippen molar-refractivity contribution in [3.8, 4) is 17.0 Å². The lowest BCUT2D eigenvalue weighted by molar-refractivity contribution is -0.115. The van der Waals surface area contributed by atoms with Crippen molar-refractivity contribution in [1.29, 1.82) is 0 Å². The molecule has 2 aromatic rings. The third-order valence-electron chi connectivity index (χ3n) is 2.76. The van der Waals surface area contributed by atoms with Crippen LogP contribution in [0.1, 0.15) is 0 Å². The predicted octanol–water partition coefficient (Wildman–Crippen LogP) is 3.03. The van der Waals surface area contributed by atoms with Gasteiger partial charge >= 0.3 is 0 Å². The molecule has 0 radical (unpaired) electrons. The van der Waals surface area contributed by atoms with E-state index in [1.54, 1.807) is 12.5 Å². The third-order valence-corrected chi connectivity index (χ3v) is 3.33. The number of benzene rings is 1. The Labute approximate surface area is 128 Å². The highest BCUT2D eigenvalue weighted by molar-refractivity contribution is 8.13. The summed E-state index contributed by atoms with van der Waals surface area (Å²) in [6, 6.07) is 13.6. The summed E-state index contributed by atoms with van der Waals surface area (Å²) >= 11 is 1.17. The molecule has 0 fully saturated rings. The number of pyridine rings is 1. The molecule has 0 saturated heterocycles. The van der Waals surface area contributed by atoms with Gasteiger partial charge in [0.2, 0.25) is 5.12 Å². The first-order chi connectivity index (χ1) is 10.3. The topological polar surface area (TPSA) is 48.4 Å². The van der Waals surface area contributed by atoms with Crippen LogP contribution in [0.15, 0.2) is 48.7 Å². The van der Waals surface area contributed by atoms with E-state index in [4.69, 9.17) is 9.47 Å². The summed E-state index contributed by atoms with van der Waals surface area (Å²) in [7, 11) is 0. The van der Waals surface area contributed by atoms with E-state index in [1.807, 2.05) is 42.5 Å². The molecule has 0 aliphatic rings. The van der Waals surface area contributed by atoms with Crippen LogP contribution < -0.4 is 4.74 Å². The molecule has 0 aliphatic heterocycles. The van der Waals surface area contributed by atoms with Gasteiger partial charge in [0.25, 0.3) is 0 Å². The van der Waals surface area contributed by atoms with E-state index >= 15 is 0 Å². The van der Waals surface area contributed by atoms with Crippen LogP contribution in [0.3, 0.4) is 0 Å². The fourth-order valence-electron chi connectivity index (χ4n) is 1.69. The van der Waals surface area contributed by atoms with Crippen LogP contribution in [0.2, 0.25) is 0 Å². The number of rotatable bonds is 7. The normalized spacial score (nSPS) is 10.3. The van der Waals surface area contributed by atoms with E-state index in [9.17, 15) is 4.79 Å². The zero-order chi connectivity index (χ0) is 14.9. The molecule has 0 atom stereocenters. The number of thioether (sulfide) groups is 1. The van der Waals surface area contributed by atoms with Crippen molar-refractivity contribution in [2.24, 2.45) is 0 Å². The van der Waals surface area contributed by atoms with Crippen molar-refractivity contribution in [3.63, 3.8) is 0 Å². The van der Waals surface area contributed by atoms with Gasteiger partial charge in [-0.2, -0.15) is 0 Å². The van der Waals surface area contributed by atoms with Gasteiger partial charge in [-0.25, -0.2) is 0 Å². The summed E-state index contributed by atoms with van der Waals surface area (Å²) in [5, 5.41) is 0.0229. The first-order valence-electron chi connectivity index (χ1n) is 6.58. The van der Waals surface area contributed by atoms with Crippen molar-refractivity contribution in [3.05, 3.63) is 48.7 Å². The largest absolute Gasteiger partial charge is 0.491 e. The number of nitrogens with zero attached hydrogens (tertiary/aromatic N) is 1. The minimum Gasteiger partial charge on any atom is -0.491 e. The van der Waals surface area contributed by atoms with Crippen LogP contribution in [0.5, 0.6) is 5.75 Å². The maximum Gasteiger partial charge on any atom is 0.214 e. The quantitative estimate of drug-likeness (QED) is 0.736. The smallest absolute Gasteiger partial charge is 0.214 e. The molecule has 1 aromatic heterocycles. The summed E-state index contributed by atoms with van der Waals surface area (Å²) < 4.78 is 10.7. The average molecular weight is 303 g/mol. The van der Waals surface area contributed by atoms with E-state index in [0.29, 0.717) is 13.2 Å². The summed E-state index contributed by atoms with van der Waals surface area (Å²) in [4.78, 5) is 15.3. The molecule has 2 rings (SSSR count). The summed E-state index contributed by atoms with van der Waals surface area (Å²) in [6.07, 6.45) is 3.51. The van der Waals surface area contributed by atoms with Crippen molar-refractivity contribution < 1.29 is 14.3 Å². The Balaban J connectivity index is 1.77. The van der Waals surface area contributed by atoms with Gasteiger partial charge in [-0.05, 0) is 42.7 Å². The highest BCUT2D eigenvalue weighted by atomic mass is 32.2. The van der Waals surface area contributed by atoms with Crippen LogP contribution in [0.25, 0.3) is 11.3 Å². The monoisotopic (exact) mass is 303 g/mol. The maximum absolute atomic E-state index is 11.0. The number of ether oxygens (including phenoxy) is 2. The predicted molar refractivity (Wildman–Crippen MR) is 84.5 cm³/mol. The number of carbonyl (C=O) groups excluding carboxylic acids is 1. The van der Waals surface area contributed by atoms with Gasteiger partial charge in [-0.3, -0.25) is 9.78 Å². The molecule has 0 bridgehead atoms. The molecule has 21 heavy (non-hydrogen) atoms. The van der Waals surface area contributed by atoms with Crippen LogP contribution >= 0.6 is 11.8 Å². The molecular weight excluding hydrogens is 286 g/mol. The van der Waals surface area contributed by atoms with Crippen LogP contribution in [0.4, 0.5) is 0 Å². The molecule has 0 unspecified atom stereocenters. The highest BCUT2D eigenvalue weighted by Gasteiger charge is 2.01. The number of hydrogen-bond donors (Lipinski definition) is 0. The maximum atomic E-state index is 11.0. The second-order valence-electron chi connectivity index (χ2n) is 4.22. The fraction of sp³-hybridized carbons (Fsp3) is 0.250. The molecule has 0 N–H and O–H groups in total. The average Bonchev–Trinajstić information content (AvgIpc) is 2.55. The van der Waals surface area contributed by atoms with E-state index in [2.05, 4.69) is 4.98 Å². The second-order valence-corrected chi connectivity index (χ2v) is 5.08. The molecule has 110 valence electrons. The molecule has 4 nitrogen and oxygen atoms in total. The lowest BCUT2D eigenvalue weighted by Crippen LogP contribution is -2.11. The third kappa shape index (κ3) is 5.21. The number of carbonyl (C=O) groups is 1. The van der Waals surface area contributed by atoms with Gasteiger partial charge in [-0.15, -0.1) is 0 Å². The number of aromatic nitrogens is 1. The van der Waals surface area contributed by atoms with E-state index in [1.165, 1.54) is 11.8 Å². The van der Waals surface area contributed by atoms with Crippen molar-refractivity contribution >= 4 is 16.9 Å². The molecule has 0 aliphatic carbocycles. The highest BCUT2D eigenvalue weighted by Crippen LogP contribution is 2.20. The first-order valence-corrected chi connectivity index (χ1v) is 7.81. The SMILES string of the molecule is CSC(=O)COCCOc1ccc(-c2ccccn2)cc1. The Hall–Kier alpha value is -1.85. The Morgan fingerprint density at radius 3 is 2.62 bits per heavy atom. The van der Waals surface area contributed by atoms with Crippen LogP contribution in [0, 0.1) is 0 Å². The van der Waals surface area contributed by atoms with Crippen molar-refractivity contribution in [2.45, 2.75) is 0 Å². The number of hydrogen-bond acceptors (Lipinski definition) is 5. The Morgan fingerprint density at radius 1 is 1.14 bits per heavy atom. The van der Waals surface area contributed by atoms with Gasteiger partial charge in [-0.1, -0.05) is 17.8 Å². The van der Waals surface area contributed by atoms with E-state index in [-0.39, 0.29) is 11.7 Å². The molecule has 0 spiro atoms. The first kappa shape index (κ1) is 15.5. The minimum absolute atomic E-state index is 0.0229. The fourth-order valence-corrected chi connectivity index (χ4v) is 1.89. The zero-order valence-electron chi connectivity index (χ0n) is 11.8. The van der Waals surface area contributed by atoms with Gasteiger partial charge in [0.15, 0.2) is 0 Å². The summed E-state index contributed by atoms with van der Waals surface area (Å²) in [5.41, 5.74) is 1.98. The second kappa shape index (κ2) is 8.44. The lowest BCUT2D eigenvalue weighted by atomic mass is 10.1. The molecule has 1 heterocycles. The minimum atomic E-state index is 0.0229. The molecule has 0 saturated carbocycles. The summed E-state index contributed by atoms with van der Waals surface area (Å²) in [6.45, 7) is 0.946. The standard InChI is InChI=1S/C16H17NO3S/c1-21-16(18)12-19-10-11-20-14-7-5-13(6-8-14)15-4-2-3-9-17-15/h2-9H,10-12H2,1H3. The van der Waals surface area contributed by atoms with E-state index in [0.717, 1.165) is 17.0 Å². The van der Waals surface area contributed by atoms with Crippen molar-refractivity contribution in [1.82, 2.24) is 4.98 Å². The van der Waals surface area contributed by atoms with Gasteiger partial charge in [0, 0.05) is 11.8 Å².